The Morgan fingerprint density at radius 1 is 0.964 bits per heavy atom. The summed E-state index contributed by atoms with van der Waals surface area (Å²) >= 11 is 0. The fourth-order valence-corrected chi connectivity index (χ4v) is 3.38. The number of rotatable bonds is 8. The van der Waals surface area contributed by atoms with E-state index in [0.717, 1.165) is 24.2 Å². The molecule has 0 bridgehead atoms. The van der Waals surface area contributed by atoms with Crippen LogP contribution in [0.3, 0.4) is 0 Å². The van der Waals surface area contributed by atoms with Crippen LogP contribution < -0.4 is 15.4 Å². The Morgan fingerprint density at radius 2 is 1.64 bits per heavy atom. The van der Waals surface area contributed by atoms with Gasteiger partial charge in [-0.2, -0.15) is 0 Å². The second-order valence-electron chi connectivity index (χ2n) is 7.20. The average molecular weight is 380 g/mol. The summed E-state index contributed by atoms with van der Waals surface area (Å²) in [6.07, 6.45) is 6.54. The van der Waals surface area contributed by atoms with Crippen molar-refractivity contribution >= 4 is 23.2 Å². The monoisotopic (exact) mass is 380 g/mol. The number of carbonyl (C=O) groups is 2. The van der Waals surface area contributed by atoms with Gasteiger partial charge in [0.05, 0.1) is 6.10 Å². The number of nitrogens with one attached hydrogen (secondary N) is 2. The molecule has 0 aliphatic heterocycles. The van der Waals surface area contributed by atoms with E-state index in [1.165, 1.54) is 12.8 Å². The van der Waals surface area contributed by atoms with Crippen LogP contribution in [0.4, 0.5) is 11.4 Å². The molecule has 2 aromatic rings. The highest BCUT2D eigenvalue weighted by atomic mass is 16.5. The van der Waals surface area contributed by atoms with Crippen molar-refractivity contribution in [2.75, 3.05) is 10.6 Å². The van der Waals surface area contributed by atoms with E-state index >= 15 is 0 Å². The second kappa shape index (κ2) is 9.93. The van der Waals surface area contributed by atoms with Crippen molar-refractivity contribution in [2.45, 2.75) is 58.0 Å². The van der Waals surface area contributed by atoms with Gasteiger partial charge >= 0.3 is 0 Å². The van der Waals surface area contributed by atoms with Gasteiger partial charge in [-0.15, -0.1) is 0 Å². The summed E-state index contributed by atoms with van der Waals surface area (Å²) in [5.74, 6) is 0.786. The van der Waals surface area contributed by atoms with E-state index in [1.54, 1.807) is 19.1 Å². The number of hydrogen-bond acceptors (Lipinski definition) is 3. The van der Waals surface area contributed by atoms with E-state index in [2.05, 4.69) is 10.6 Å². The molecule has 2 aromatic carbocycles. The smallest absolute Gasteiger partial charge is 0.224 e. The highest BCUT2D eigenvalue weighted by molar-refractivity contribution is 5.94. The van der Waals surface area contributed by atoms with E-state index in [1.807, 2.05) is 36.4 Å². The third-order valence-electron chi connectivity index (χ3n) is 4.90. The molecule has 0 radical (unpaired) electrons. The number of ether oxygens (including phenoxy) is 1. The lowest BCUT2D eigenvalue weighted by atomic mass is 10.1. The van der Waals surface area contributed by atoms with Gasteiger partial charge in [0.15, 0.2) is 0 Å². The van der Waals surface area contributed by atoms with Gasteiger partial charge in [0, 0.05) is 24.2 Å². The summed E-state index contributed by atoms with van der Waals surface area (Å²) in [5.41, 5.74) is 2.45. The van der Waals surface area contributed by atoms with Crippen molar-refractivity contribution in [2.24, 2.45) is 0 Å². The predicted molar refractivity (Wildman–Crippen MR) is 112 cm³/mol. The number of benzene rings is 2. The lowest BCUT2D eigenvalue weighted by Gasteiger charge is -2.14. The van der Waals surface area contributed by atoms with Crippen molar-refractivity contribution in [3.05, 3.63) is 54.1 Å². The van der Waals surface area contributed by atoms with Crippen LogP contribution in [0, 0.1) is 0 Å². The average Bonchev–Trinajstić information content (AvgIpc) is 3.20. The van der Waals surface area contributed by atoms with Crippen molar-refractivity contribution in [3.63, 3.8) is 0 Å². The maximum Gasteiger partial charge on any atom is 0.224 e. The van der Waals surface area contributed by atoms with Gasteiger partial charge in [0.1, 0.15) is 5.75 Å². The highest BCUT2D eigenvalue weighted by Crippen LogP contribution is 2.25. The molecule has 0 aromatic heterocycles. The molecular weight excluding hydrogens is 352 g/mol. The molecule has 0 spiro atoms. The first-order valence-electron chi connectivity index (χ1n) is 10.1. The number of hydrogen-bond donors (Lipinski definition) is 2. The normalized spacial score (nSPS) is 13.9. The van der Waals surface area contributed by atoms with E-state index < -0.39 is 0 Å². The van der Waals surface area contributed by atoms with Gasteiger partial charge < -0.3 is 15.4 Å². The van der Waals surface area contributed by atoms with Gasteiger partial charge in [-0.3, -0.25) is 9.59 Å². The quantitative estimate of drug-likeness (QED) is 0.682. The Bertz CT molecular complexity index is 813. The SMILES string of the molecule is CCC(=O)Nc1cccc(NC(=O)CCc2cccc(OC3CCCC3)c2)c1. The summed E-state index contributed by atoms with van der Waals surface area (Å²) in [6, 6.07) is 15.2. The standard InChI is InChI=1S/C23H28N2O3/c1-2-22(26)24-18-8-6-9-19(16-18)25-23(27)14-13-17-7-5-12-21(15-17)28-20-10-3-4-11-20/h5-9,12,15-16,20H,2-4,10-11,13-14H2,1H3,(H,24,26)(H,25,27). The number of carbonyl (C=O) groups excluding carboxylic acids is 2. The van der Waals surface area contributed by atoms with Gasteiger partial charge in [-0.1, -0.05) is 25.1 Å². The lowest BCUT2D eigenvalue weighted by Crippen LogP contribution is -2.14. The first-order valence-corrected chi connectivity index (χ1v) is 10.1. The third-order valence-corrected chi connectivity index (χ3v) is 4.90. The molecule has 1 aliphatic rings. The molecule has 5 heteroatoms. The second-order valence-corrected chi connectivity index (χ2v) is 7.20. The minimum absolute atomic E-state index is 0.0526. The van der Waals surface area contributed by atoms with Crippen LogP contribution in [-0.4, -0.2) is 17.9 Å². The van der Waals surface area contributed by atoms with Gasteiger partial charge in [0.25, 0.3) is 0 Å². The van der Waals surface area contributed by atoms with Gasteiger partial charge in [-0.05, 0) is 68.0 Å². The molecule has 2 amide bonds. The minimum atomic E-state index is -0.0546. The molecule has 28 heavy (non-hydrogen) atoms. The Hall–Kier alpha value is -2.82. The molecule has 1 fully saturated rings. The molecule has 148 valence electrons. The zero-order chi connectivity index (χ0) is 19.8. The van der Waals surface area contributed by atoms with Crippen LogP contribution in [0.15, 0.2) is 48.5 Å². The molecule has 5 nitrogen and oxygen atoms in total. The summed E-state index contributed by atoms with van der Waals surface area (Å²) in [4.78, 5) is 23.8. The first kappa shape index (κ1) is 19.9. The van der Waals surface area contributed by atoms with E-state index in [-0.39, 0.29) is 11.8 Å². The Labute approximate surface area is 166 Å². The fraction of sp³-hybridized carbons (Fsp3) is 0.391. The number of anilines is 2. The fourth-order valence-electron chi connectivity index (χ4n) is 3.38. The van der Waals surface area contributed by atoms with Crippen LogP contribution >= 0.6 is 0 Å². The van der Waals surface area contributed by atoms with Crippen molar-refractivity contribution in [1.29, 1.82) is 0 Å². The van der Waals surface area contributed by atoms with E-state index in [0.29, 0.717) is 36.7 Å². The van der Waals surface area contributed by atoms with Crippen LogP contribution in [0.1, 0.15) is 51.0 Å². The summed E-state index contributed by atoms with van der Waals surface area (Å²) in [5, 5.41) is 5.69. The Kier molecular flexibility index (Phi) is 7.06. The molecule has 0 atom stereocenters. The van der Waals surface area contributed by atoms with Crippen molar-refractivity contribution < 1.29 is 14.3 Å². The predicted octanol–water partition coefficient (Wildman–Crippen LogP) is 4.93. The molecular formula is C23H28N2O3. The zero-order valence-corrected chi connectivity index (χ0v) is 16.4. The molecule has 2 N–H and O–H groups in total. The van der Waals surface area contributed by atoms with E-state index in [9.17, 15) is 9.59 Å². The zero-order valence-electron chi connectivity index (χ0n) is 16.4. The van der Waals surface area contributed by atoms with Crippen LogP contribution in [-0.2, 0) is 16.0 Å². The van der Waals surface area contributed by atoms with Crippen LogP contribution in [0.2, 0.25) is 0 Å². The molecule has 1 saturated carbocycles. The molecule has 0 saturated heterocycles. The Morgan fingerprint density at radius 3 is 2.36 bits per heavy atom. The third kappa shape index (κ3) is 6.12. The summed E-state index contributed by atoms with van der Waals surface area (Å²) in [6.45, 7) is 1.80. The van der Waals surface area contributed by atoms with Gasteiger partial charge in [0.2, 0.25) is 11.8 Å². The van der Waals surface area contributed by atoms with E-state index in [4.69, 9.17) is 4.74 Å². The molecule has 1 aliphatic carbocycles. The largest absolute Gasteiger partial charge is 0.490 e. The molecule has 0 heterocycles. The van der Waals surface area contributed by atoms with Crippen LogP contribution in [0.5, 0.6) is 5.75 Å². The maximum absolute atomic E-state index is 12.3. The number of aryl methyl sites for hydroxylation is 1. The first-order chi connectivity index (χ1) is 13.6. The summed E-state index contributed by atoms with van der Waals surface area (Å²) in [7, 11) is 0. The summed E-state index contributed by atoms with van der Waals surface area (Å²) < 4.78 is 6.04. The van der Waals surface area contributed by atoms with Crippen molar-refractivity contribution in [1.82, 2.24) is 0 Å². The molecule has 3 rings (SSSR count). The molecule has 0 unspecified atom stereocenters. The topological polar surface area (TPSA) is 67.4 Å². The van der Waals surface area contributed by atoms with Crippen LogP contribution in [0.25, 0.3) is 0 Å². The maximum atomic E-state index is 12.3. The Balaban J connectivity index is 1.50. The highest BCUT2D eigenvalue weighted by Gasteiger charge is 2.16. The van der Waals surface area contributed by atoms with Crippen molar-refractivity contribution in [3.8, 4) is 5.75 Å². The number of amides is 2. The van der Waals surface area contributed by atoms with Gasteiger partial charge in [-0.25, -0.2) is 0 Å². The lowest BCUT2D eigenvalue weighted by molar-refractivity contribution is -0.116. The minimum Gasteiger partial charge on any atom is -0.490 e.